The second kappa shape index (κ2) is 7.91. The van der Waals surface area contributed by atoms with Crippen molar-refractivity contribution in [2.75, 3.05) is 17.7 Å². The number of aryl methyl sites for hydroxylation is 3. The first-order valence-corrected chi connectivity index (χ1v) is 8.72. The van der Waals surface area contributed by atoms with Gasteiger partial charge in [0, 0.05) is 17.4 Å². The number of nitrogens with one attached hydrogen (secondary N) is 2. The van der Waals surface area contributed by atoms with Crippen LogP contribution in [0.4, 0.5) is 17.2 Å². The molecule has 0 radical (unpaired) electrons. The van der Waals surface area contributed by atoms with Gasteiger partial charge in [0.1, 0.15) is 11.6 Å². The third-order valence-corrected chi connectivity index (χ3v) is 4.27. The van der Waals surface area contributed by atoms with Crippen LogP contribution in [0.15, 0.2) is 54.7 Å². The molecule has 2 N–H and O–H groups in total. The maximum Gasteiger partial charge on any atom is 0.255 e. The maximum atomic E-state index is 12.6. The Morgan fingerprint density at radius 2 is 1.67 bits per heavy atom. The fourth-order valence-electron chi connectivity index (χ4n) is 2.85. The molecule has 0 aliphatic rings. The van der Waals surface area contributed by atoms with E-state index in [1.54, 1.807) is 25.4 Å². The van der Waals surface area contributed by atoms with Gasteiger partial charge < -0.3 is 15.4 Å². The summed E-state index contributed by atoms with van der Waals surface area (Å²) in [5, 5.41) is 6.18. The molecule has 27 heavy (non-hydrogen) atoms. The van der Waals surface area contributed by atoms with Gasteiger partial charge in [-0.1, -0.05) is 23.8 Å². The van der Waals surface area contributed by atoms with Gasteiger partial charge >= 0.3 is 0 Å². The molecule has 3 aromatic rings. The summed E-state index contributed by atoms with van der Waals surface area (Å²) in [5.74, 6) is 1.11. The van der Waals surface area contributed by atoms with Gasteiger partial charge in [0.25, 0.3) is 5.91 Å². The third kappa shape index (κ3) is 4.44. The Bertz CT molecular complexity index is 983. The van der Waals surface area contributed by atoms with Crippen molar-refractivity contribution in [2.24, 2.45) is 0 Å². The summed E-state index contributed by atoms with van der Waals surface area (Å²) in [6, 6.07) is 15.2. The molecule has 5 nitrogen and oxygen atoms in total. The van der Waals surface area contributed by atoms with Gasteiger partial charge in [-0.05, 0) is 62.2 Å². The van der Waals surface area contributed by atoms with Crippen LogP contribution in [0.25, 0.3) is 0 Å². The number of anilines is 3. The van der Waals surface area contributed by atoms with E-state index < -0.39 is 0 Å². The summed E-state index contributed by atoms with van der Waals surface area (Å²) in [4.78, 5) is 17.0. The monoisotopic (exact) mass is 361 g/mol. The van der Waals surface area contributed by atoms with Crippen molar-refractivity contribution in [3.8, 4) is 5.75 Å². The molecule has 0 fully saturated rings. The molecule has 3 rings (SSSR count). The summed E-state index contributed by atoms with van der Waals surface area (Å²) in [6.45, 7) is 6.01. The van der Waals surface area contributed by atoms with E-state index in [0.717, 1.165) is 28.1 Å². The van der Waals surface area contributed by atoms with E-state index in [4.69, 9.17) is 4.74 Å². The third-order valence-electron chi connectivity index (χ3n) is 4.27. The molecule has 2 aromatic carbocycles. The minimum absolute atomic E-state index is 0.177. The number of hydrogen-bond donors (Lipinski definition) is 2. The fraction of sp³-hybridized carbons (Fsp3) is 0.182. The van der Waals surface area contributed by atoms with E-state index in [9.17, 15) is 4.79 Å². The van der Waals surface area contributed by atoms with E-state index in [-0.39, 0.29) is 5.91 Å². The van der Waals surface area contributed by atoms with Gasteiger partial charge in [0.05, 0.1) is 12.8 Å². The van der Waals surface area contributed by atoms with Gasteiger partial charge in [-0.2, -0.15) is 0 Å². The molecule has 1 heterocycles. The molecule has 0 aliphatic carbocycles. The van der Waals surface area contributed by atoms with Crippen molar-refractivity contribution in [1.29, 1.82) is 0 Å². The van der Waals surface area contributed by atoms with Crippen LogP contribution in [-0.2, 0) is 0 Å². The van der Waals surface area contributed by atoms with Crippen molar-refractivity contribution in [3.05, 3.63) is 77.0 Å². The molecule has 0 atom stereocenters. The van der Waals surface area contributed by atoms with Crippen molar-refractivity contribution in [2.45, 2.75) is 20.8 Å². The molecule has 1 aromatic heterocycles. The van der Waals surface area contributed by atoms with E-state index in [1.807, 2.05) is 57.2 Å². The second-order valence-corrected chi connectivity index (χ2v) is 6.53. The van der Waals surface area contributed by atoms with Crippen LogP contribution in [-0.4, -0.2) is 18.0 Å². The Labute approximate surface area is 159 Å². The number of hydrogen-bond acceptors (Lipinski definition) is 4. The number of pyridine rings is 1. The van der Waals surface area contributed by atoms with E-state index in [2.05, 4.69) is 15.6 Å². The van der Waals surface area contributed by atoms with Crippen molar-refractivity contribution in [1.82, 2.24) is 4.98 Å². The maximum absolute atomic E-state index is 12.6. The first-order chi connectivity index (χ1) is 13.0. The first-order valence-electron chi connectivity index (χ1n) is 8.72. The van der Waals surface area contributed by atoms with Crippen LogP contribution >= 0.6 is 0 Å². The highest BCUT2D eigenvalue weighted by atomic mass is 16.5. The quantitative estimate of drug-likeness (QED) is 0.670. The van der Waals surface area contributed by atoms with E-state index in [1.165, 1.54) is 0 Å². The predicted octanol–water partition coefficient (Wildman–Crippen LogP) is 5.01. The lowest BCUT2D eigenvalue weighted by atomic mass is 10.1. The topological polar surface area (TPSA) is 63.2 Å². The molecular weight excluding hydrogens is 338 g/mol. The zero-order valence-corrected chi connectivity index (χ0v) is 16.0. The van der Waals surface area contributed by atoms with E-state index in [0.29, 0.717) is 17.1 Å². The molecule has 138 valence electrons. The lowest BCUT2D eigenvalue weighted by Gasteiger charge is -2.13. The Balaban J connectivity index is 1.81. The van der Waals surface area contributed by atoms with Crippen LogP contribution in [0.1, 0.15) is 27.0 Å². The Morgan fingerprint density at radius 3 is 2.41 bits per heavy atom. The van der Waals surface area contributed by atoms with Gasteiger partial charge in [-0.15, -0.1) is 0 Å². The fourth-order valence-corrected chi connectivity index (χ4v) is 2.85. The number of amides is 1. The lowest BCUT2D eigenvalue weighted by molar-refractivity contribution is 0.102. The van der Waals surface area contributed by atoms with Gasteiger partial charge in [0.2, 0.25) is 0 Å². The number of ether oxygens (including phenoxy) is 1. The highest BCUT2D eigenvalue weighted by Crippen LogP contribution is 2.28. The average Bonchev–Trinajstić information content (AvgIpc) is 2.64. The van der Waals surface area contributed by atoms with Crippen molar-refractivity contribution in [3.63, 3.8) is 0 Å². The van der Waals surface area contributed by atoms with Crippen molar-refractivity contribution < 1.29 is 9.53 Å². The summed E-state index contributed by atoms with van der Waals surface area (Å²) >= 11 is 0. The number of benzene rings is 2. The minimum atomic E-state index is -0.177. The predicted molar refractivity (Wildman–Crippen MR) is 109 cm³/mol. The zero-order chi connectivity index (χ0) is 19.4. The minimum Gasteiger partial charge on any atom is -0.495 e. The van der Waals surface area contributed by atoms with E-state index >= 15 is 0 Å². The highest BCUT2D eigenvalue weighted by Gasteiger charge is 2.10. The SMILES string of the molecule is COc1ccc(C)cc1Nc1cc(C(=O)Nc2ccc(C)cc2C)ccn1. The molecule has 5 heteroatoms. The molecular formula is C22H23N3O2. The molecule has 0 saturated heterocycles. The van der Waals surface area contributed by atoms with Gasteiger partial charge in [0.15, 0.2) is 0 Å². The normalized spacial score (nSPS) is 10.4. The Hall–Kier alpha value is -3.34. The summed E-state index contributed by atoms with van der Waals surface area (Å²) in [6.07, 6.45) is 1.61. The van der Waals surface area contributed by atoms with Gasteiger partial charge in [-0.25, -0.2) is 4.98 Å². The highest BCUT2D eigenvalue weighted by molar-refractivity contribution is 6.05. The van der Waals surface area contributed by atoms with Crippen LogP contribution in [0.3, 0.4) is 0 Å². The van der Waals surface area contributed by atoms with Crippen LogP contribution in [0.2, 0.25) is 0 Å². The van der Waals surface area contributed by atoms with Crippen LogP contribution in [0.5, 0.6) is 5.75 Å². The molecule has 0 bridgehead atoms. The Kier molecular flexibility index (Phi) is 5.41. The number of aromatic nitrogens is 1. The lowest BCUT2D eigenvalue weighted by Crippen LogP contribution is -2.13. The standard InChI is InChI=1S/C22H23N3O2/c1-14-5-7-18(16(3)11-14)25-22(26)17-9-10-23-21(13-17)24-19-12-15(2)6-8-20(19)27-4/h5-13H,1-4H3,(H,23,24)(H,25,26). The first kappa shape index (κ1) is 18.5. The van der Waals surface area contributed by atoms with Gasteiger partial charge in [-0.3, -0.25) is 4.79 Å². The molecule has 0 spiro atoms. The second-order valence-electron chi connectivity index (χ2n) is 6.53. The molecule has 0 saturated carbocycles. The summed E-state index contributed by atoms with van der Waals surface area (Å²) < 4.78 is 5.38. The number of carbonyl (C=O) groups is 1. The Morgan fingerprint density at radius 1 is 0.926 bits per heavy atom. The molecule has 0 unspecified atom stereocenters. The smallest absolute Gasteiger partial charge is 0.255 e. The zero-order valence-electron chi connectivity index (χ0n) is 16.0. The number of methoxy groups -OCH3 is 1. The summed E-state index contributed by atoms with van der Waals surface area (Å²) in [5.41, 5.74) is 5.42. The van der Waals surface area contributed by atoms with Crippen LogP contribution < -0.4 is 15.4 Å². The van der Waals surface area contributed by atoms with Crippen LogP contribution in [0, 0.1) is 20.8 Å². The number of carbonyl (C=O) groups excluding carboxylic acids is 1. The largest absolute Gasteiger partial charge is 0.495 e. The average molecular weight is 361 g/mol. The summed E-state index contributed by atoms with van der Waals surface area (Å²) in [7, 11) is 1.62. The molecule has 0 aliphatic heterocycles. The number of rotatable bonds is 5. The van der Waals surface area contributed by atoms with Crippen molar-refractivity contribution >= 4 is 23.1 Å². The molecule has 1 amide bonds. The number of nitrogens with zero attached hydrogens (tertiary/aromatic N) is 1.